The van der Waals surface area contributed by atoms with Gasteiger partial charge >= 0.3 is 0 Å². The van der Waals surface area contributed by atoms with E-state index < -0.39 is 0 Å². The Balaban J connectivity index is 1.96. The Labute approximate surface area is 125 Å². The number of nitrogens with one attached hydrogen (secondary N) is 1. The number of fused-ring (bicyclic) bond motifs is 1. The molecule has 3 rings (SSSR count). The van der Waals surface area contributed by atoms with Gasteiger partial charge in [-0.15, -0.1) is 0 Å². The lowest BCUT2D eigenvalue weighted by Gasteiger charge is -2.21. The average molecular weight is 286 g/mol. The number of benzene rings is 1. The van der Waals surface area contributed by atoms with Gasteiger partial charge in [-0.3, -0.25) is 14.5 Å². The van der Waals surface area contributed by atoms with E-state index in [1.165, 1.54) is 4.90 Å². The van der Waals surface area contributed by atoms with E-state index >= 15 is 0 Å². The molecule has 0 bridgehead atoms. The van der Waals surface area contributed by atoms with Gasteiger partial charge in [-0.1, -0.05) is 44.2 Å². The van der Waals surface area contributed by atoms with Crippen LogP contribution in [0.5, 0.6) is 0 Å². The van der Waals surface area contributed by atoms with E-state index in [1.54, 1.807) is 7.05 Å². The van der Waals surface area contributed by atoms with Crippen molar-refractivity contribution in [3.63, 3.8) is 0 Å². The molecule has 2 aliphatic heterocycles. The molecule has 4 atom stereocenters. The number of hydrogen-bond donors (Lipinski definition) is 1. The third-order valence-electron chi connectivity index (χ3n) is 4.69. The van der Waals surface area contributed by atoms with Gasteiger partial charge in [0.1, 0.15) is 0 Å². The Morgan fingerprint density at radius 2 is 1.71 bits per heavy atom. The standard InChI is InChI=1S/C17H22N2O2/c1-10(2)9-12-13-14(17(21)19(3)16(13)20)15(18-12)11-7-5-4-6-8-11/h4-8,10,12-15,18H,9H2,1-3H3. The Morgan fingerprint density at radius 1 is 1.10 bits per heavy atom. The lowest BCUT2D eigenvalue weighted by Crippen LogP contribution is -2.38. The summed E-state index contributed by atoms with van der Waals surface area (Å²) in [6.45, 7) is 4.30. The topological polar surface area (TPSA) is 49.4 Å². The summed E-state index contributed by atoms with van der Waals surface area (Å²) in [6, 6.07) is 10.0. The molecule has 0 spiro atoms. The lowest BCUT2D eigenvalue weighted by molar-refractivity contribution is -0.139. The van der Waals surface area contributed by atoms with E-state index in [1.807, 2.05) is 30.3 Å². The van der Waals surface area contributed by atoms with Gasteiger partial charge in [0.2, 0.25) is 11.8 Å². The van der Waals surface area contributed by atoms with Gasteiger partial charge in [0.05, 0.1) is 11.8 Å². The number of rotatable bonds is 3. The second kappa shape index (κ2) is 5.26. The summed E-state index contributed by atoms with van der Waals surface area (Å²) in [5.41, 5.74) is 1.09. The Hall–Kier alpha value is -1.68. The molecular weight excluding hydrogens is 264 g/mol. The first-order valence-electron chi connectivity index (χ1n) is 7.63. The van der Waals surface area contributed by atoms with Crippen molar-refractivity contribution >= 4 is 11.8 Å². The van der Waals surface area contributed by atoms with Crippen LogP contribution in [-0.2, 0) is 9.59 Å². The number of carbonyl (C=O) groups is 2. The largest absolute Gasteiger partial charge is 0.306 e. The number of imide groups is 1. The van der Waals surface area contributed by atoms with Crippen molar-refractivity contribution in [2.24, 2.45) is 17.8 Å². The zero-order valence-electron chi connectivity index (χ0n) is 12.7. The van der Waals surface area contributed by atoms with Crippen LogP contribution >= 0.6 is 0 Å². The van der Waals surface area contributed by atoms with Crippen molar-refractivity contribution in [3.05, 3.63) is 35.9 Å². The fourth-order valence-corrected chi connectivity index (χ4v) is 3.76. The molecule has 4 unspecified atom stereocenters. The molecule has 1 aromatic rings. The smallest absolute Gasteiger partial charge is 0.234 e. The van der Waals surface area contributed by atoms with E-state index in [2.05, 4.69) is 19.2 Å². The normalized spacial score (nSPS) is 32.1. The molecule has 0 aromatic heterocycles. The summed E-state index contributed by atoms with van der Waals surface area (Å²) in [5, 5.41) is 3.55. The minimum atomic E-state index is -0.256. The van der Waals surface area contributed by atoms with Gasteiger partial charge in [-0.2, -0.15) is 0 Å². The van der Waals surface area contributed by atoms with Crippen LogP contribution in [0.25, 0.3) is 0 Å². The summed E-state index contributed by atoms with van der Waals surface area (Å²) in [5.74, 6) is -0.0468. The Kier molecular flexibility index (Phi) is 3.57. The first kappa shape index (κ1) is 14.3. The fraction of sp³-hybridized carbons (Fsp3) is 0.529. The molecule has 1 aromatic carbocycles. The van der Waals surface area contributed by atoms with Gasteiger partial charge in [0, 0.05) is 19.1 Å². The average Bonchev–Trinajstić information content (AvgIpc) is 2.93. The molecule has 2 saturated heterocycles. The van der Waals surface area contributed by atoms with Crippen molar-refractivity contribution in [1.29, 1.82) is 0 Å². The summed E-state index contributed by atoms with van der Waals surface area (Å²) in [6.07, 6.45) is 0.914. The SMILES string of the molecule is CC(C)CC1NC(c2ccccc2)C2C(=O)N(C)C(=O)C12. The quantitative estimate of drug-likeness (QED) is 0.864. The highest BCUT2D eigenvalue weighted by Crippen LogP contribution is 2.44. The molecule has 21 heavy (non-hydrogen) atoms. The van der Waals surface area contributed by atoms with Crippen LogP contribution in [0.3, 0.4) is 0 Å². The predicted octanol–water partition coefficient (Wildman–Crippen LogP) is 1.98. The van der Waals surface area contributed by atoms with Crippen molar-refractivity contribution < 1.29 is 9.59 Å². The number of hydrogen-bond acceptors (Lipinski definition) is 3. The summed E-state index contributed by atoms with van der Waals surface area (Å²) in [4.78, 5) is 26.2. The van der Waals surface area contributed by atoms with E-state index in [-0.39, 0.29) is 35.7 Å². The molecule has 4 nitrogen and oxygen atoms in total. The third-order valence-corrected chi connectivity index (χ3v) is 4.69. The fourth-order valence-electron chi connectivity index (χ4n) is 3.76. The number of nitrogens with zero attached hydrogens (tertiary/aromatic N) is 1. The summed E-state index contributed by atoms with van der Waals surface area (Å²) >= 11 is 0. The molecule has 0 aliphatic carbocycles. The van der Waals surface area contributed by atoms with Crippen LogP contribution in [0.2, 0.25) is 0 Å². The minimum absolute atomic E-state index is 0.0263. The van der Waals surface area contributed by atoms with Gasteiger partial charge < -0.3 is 5.32 Å². The molecule has 0 radical (unpaired) electrons. The van der Waals surface area contributed by atoms with E-state index in [0.717, 1.165) is 12.0 Å². The van der Waals surface area contributed by atoms with E-state index in [9.17, 15) is 9.59 Å². The first-order valence-corrected chi connectivity index (χ1v) is 7.63. The number of carbonyl (C=O) groups excluding carboxylic acids is 2. The number of amides is 2. The van der Waals surface area contributed by atoms with Crippen LogP contribution in [0.15, 0.2) is 30.3 Å². The second-order valence-corrected chi connectivity index (χ2v) is 6.58. The lowest BCUT2D eigenvalue weighted by atomic mass is 9.84. The Morgan fingerprint density at radius 3 is 2.33 bits per heavy atom. The zero-order valence-corrected chi connectivity index (χ0v) is 12.7. The van der Waals surface area contributed by atoms with Crippen LogP contribution in [0, 0.1) is 17.8 Å². The van der Waals surface area contributed by atoms with Gasteiger partial charge in [-0.25, -0.2) is 0 Å². The van der Waals surface area contributed by atoms with Gasteiger partial charge in [-0.05, 0) is 17.9 Å². The molecule has 0 saturated carbocycles. The maximum Gasteiger partial charge on any atom is 0.234 e. The minimum Gasteiger partial charge on any atom is -0.306 e. The van der Waals surface area contributed by atoms with Gasteiger partial charge in [0.15, 0.2) is 0 Å². The third kappa shape index (κ3) is 2.27. The molecule has 2 heterocycles. The van der Waals surface area contributed by atoms with Crippen molar-refractivity contribution in [2.75, 3.05) is 7.05 Å². The monoisotopic (exact) mass is 286 g/mol. The van der Waals surface area contributed by atoms with E-state index in [4.69, 9.17) is 0 Å². The highest BCUT2D eigenvalue weighted by molar-refractivity contribution is 6.06. The van der Waals surface area contributed by atoms with Crippen molar-refractivity contribution in [2.45, 2.75) is 32.4 Å². The number of likely N-dealkylation sites (tertiary alicyclic amines) is 1. The summed E-state index contributed by atoms with van der Waals surface area (Å²) in [7, 11) is 1.61. The molecule has 2 aliphatic rings. The van der Waals surface area contributed by atoms with Gasteiger partial charge in [0.25, 0.3) is 0 Å². The highest BCUT2D eigenvalue weighted by atomic mass is 16.2. The first-order chi connectivity index (χ1) is 10.0. The van der Waals surface area contributed by atoms with Crippen molar-refractivity contribution in [3.8, 4) is 0 Å². The van der Waals surface area contributed by atoms with E-state index in [0.29, 0.717) is 5.92 Å². The maximum atomic E-state index is 12.5. The van der Waals surface area contributed by atoms with Crippen molar-refractivity contribution in [1.82, 2.24) is 10.2 Å². The van der Waals surface area contributed by atoms with Crippen LogP contribution in [0.4, 0.5) is 0 Å². The molecule has 1 N–H and O–H groups in total. The highest BCUT2D eigenvalue weighted by Gasteiger charge is 2.57. The Bertz CT molecular complexity index is 555. The molecule has 2 amide bonds. The predicted molar refractivity (Wildman–Crippen MR) is 80.3 cm³/mol. The molecule has 112 valence electrons. The van der Waals surface area contributed by atoms with Crippen LogP contribution < -0.4 is 5.32 Å². The molecule has 2 fully saturated rings. The van der Waals surface area contributed by atoms with Crippen LogP contribution in [-0.4, -0.2) is 29.8 Å². The zero-order chi connectivity index (χ0) is 15.1. The second-order valence-electron chi connectivity index (χ2n) is 6.58. The van der Waals surface area contributed by atoms with Crippen LogP contribution in [0.1, 0.15) is 31.9 Å². The summed E-state index contributed by atoms with van der Waals surface area (Å²) < 4.78 is 0. The maximum absolute atomic E-state index is 12.5. The molecular formula is C17H22N2O2. The molecule has 4 heteroatoms.